The van der Waals surface area contributed by atoms with Gasteiger partial charge in [-0.15, -0.1) is 0 Å². The molecule has 84 valence electrons. The fraction of sp³-hybridized carbons (Fsp3) is 0.143. The van der Waals surface area contributed by atoms with Crippen molar-refractivity contribution in [1.29, 1.82) is 0 Å². The first-order valence-electron chi connectivity index (χ1n) is 3.52. The molecule has 3 nitrogen and oxygen atoms in total. The van der Waals surface area contributed by atoms with E-state index in [-0.39, 0.29) is 8.47 Å². The Morgan fingerprint density at radius 3 is 2.13 bits per heavy atom. The highest BCUT2D eigenvalue weighted by Gasteiger charge is 2.33. The van der Waals surface area contributed by atoms with Crippen LogP contribution in [0.2, 0.25) is 0 Å². The van der Waals surface area contributed by atoms with Gasteiger partial charge >= 0.3 is 6.18 Å². The first-order valence-corrected chi connectivity index (χ1v) is 6.14. The lowest BCUT2D eigenvalue weighted by Crippen LogP contribution is -2.14. The molecule has 0 amide bonds. The van der Waals surface area contributed by atoms with Crippen LogP contribution in [0.1, 0.15) is 5.56 Å². The van der Waals surface area contributed by atoms with Crippen molar-refractivity contribution in [2.45, 2.75) is 11.1 Å². The van der Waals surface area contributed by atoms with Gasteiger partial charge in [0, 0.05) is 3.57 Å². The first-order chi connectivity index (χ1) is 6.62. The maximum atomic E-state index is 12.3. The SMILES string of the molecule is NS(=O)(=O)c1ccc(C(F)(F)F)c(I)c1. The summed E-state index contributed by atoms with van der Waals surface area (Å²) in [5, 5.41) is 4.77. The Morgan fingerprint density at radius 2 is 1.80 bits per heavy atom. The van der Waals surface area contributed by atoms with Crippen molar-refractivity contribution < 1.29 is 21.6 Å². The van der Waals surface area contributed by atoms with Crippen molar-refractivity contribution in [3.8, 4) is 0 Å². The van der Waals surface area contributed by atoms with Gasteiger partial charge in [0.2, 0.25) is 10.0 Å². The largest absolute Gasteiger partial charge is 0.417 e. The van der Waals surface area contributed by atoms with Gasteiger partial charge in [0.15, 0.2) is 0 Å². The fourth-order valence-electron chi connectivity index (χ4n) is 0.903. The highest BCUT2D eigenvalue weighted by Crippen LogP contribution is 2.33. The van der Waals surface area contributed by atoms with Crippen LogP contribution < -0.4 is 5.14 Å². The molecular weight excluding hydrogens is 346 g/mol. The van der Waals surface area contributed by atoms with E-state index in [1.807, 2.05) is 0 Å². The zero-order valence-electron chi connectivity index (χ0n) is 7.05. The van der Waals surface area contributed by atoms with Crippen molar-refractivity contribution in [1.82, 2.24) is 0 Å². The van der Waals surface area contributed by atoms with E-state index in [0.29, 0.717) is 6.07 Å². The summed E-state index contributed by atoms with van der Waals surface area (Å²) in [6.07, 6.45) is -4.49. The van der Waals surface area contributed by atoms with E-state index in [1.54, 1.807) is 0 Å². The summed E-state index contributed by atoms with van der Waals surface area (Å²) in [4.78, 5) is -0.333. The molecule has 0 bridgehead atoms. The number of alkyl halides is 3. The number of sulfonamides is 1. The topological polar surface area (TPSA) is 60.2 Å². The van der Waals surface area contributed by atoms with Crippen molar-refractivity contribution in [2.75, 3.05) is 0 Å². The maximum Gasteiger partial charge on any atom is 0.417 e. The molecule has 0 fully saturated rings. The lowest BCUT2D eigenvalue weighted by molar-refractivity contribution is -0.138. The Balaban J connectivity index is 3.34. The molecule has 0 heterocycles. The van der Waals surface area contributed by atoms with Crippen LogP contribution in [0.5, 0.6) is 0 Å². The summed E-state index contributed by atoms with van der Waals surface area (Å²) in [7, 11) is -3.96. The zero-order valence-corrected chi connectivity index (χ0v) is 10.0. The molecule has 1 aromatic rings. The average molecular weight is 351 g/mol. The summed E-state index contributed by atoms with van der Waals surface area (Å²) >= 11 is 1.41. The Bertz CT molecular complexity index is 483. The predicted octanol–water partition coefficient (Wildman–Crippen LogP) is 1.96. The Hall–Kier alpha value is -0.350. The van der Waals surface area contributed by atoms with Crippen LogP contribution in [0, 0.1) is 3.57 Å². The summed E-state index contributed by atoms with van der Waals surface area (Å²) in [6.45, 7) is 0. The third-order valence-corrected chi connectivity index (χ3v) is 3.38. The predicted molar refractivity (Wildman–Crippen MR) is 55.5 cm³/mol. The Morgan fingerprint density at radius 1 is 1.27 bits per heavy atom. The van der Waals surface area contributed by atoms with E-state index >= 15 is 0 Å². The number of benzene rings is 1. The van der Waals surface area contributed by atoms with E-state index in [9.17, 15) is 21.6 Å². The van der Waals surface area contributed by atoms with Gasteiger partial charge in [0.25, 0.3) is 0 Å². The number of halogens is 4. The summed E-state index contributed by atoms with van der Waals surface area (Å²) < 4.78 is 58.4. The molecule has 1 rings (SSSR count). The molecule has 0 saturated carbocycles. The second-order valence-electron chi connectivity index (χ2n) is 2.68. The number of nitrogens with two attached hydrogens (primary N) is 1. The minimum absolute atomic E-state index is 0.202. The molecule has 8 heteroatoms. The third kappa shape index (κ3) is 3.05. The van der Waals surface area contributed by atoms with Crippen LogP contribution in [0.3, 0.4) is 0 Å². The van der Waals surface area contributed by atoms with E-state index in [0.717, 1.165) is 12.1 Å². The molecule has 0 spiro atoms. The summed E-state index contributed by atoms with van der Waals surface area (Å²) in [5.41, 5.74) is -0.879. The van der Waals surface area contributed by atoms with Gasteiger partial charge in [-0.3, -0.25) is 0 Å². The second-order valence-corrected chi connectivity index (χ2v) is 5.41. The average Bonchev–Trinajstić information content (AvgIpc) is 1.99. The molecule has 15 heavy (non-hydrogen) atoms. The van der Waals surface area contributed by atoms with Crippen LogP contribution in [-0.2, 0) is 16.2 Å². The minimum atomic E-state index is -4.49. The number of hydrogen-bond donors (Lipinski definition) is 1. The molecule has 0 radical (unpaired) electrons. The van der Waals surface area contributed by atoms with E-state index in [1.165, 1.54) is 22.6 Å². The van der Waals surface area contributed by atoms with Crippen molar-refractivity contribution in [3.05, 3.63) is 27.3 Å². The van der Waals surface area contributed by atoms with E-state index < -0.39 is 21.8 Å². The van der Waals surface area contributed by atoms with Gasteiger partial charge < -0.3 is 0 Å². The highest BCUT2D eigenvalue weighted by molar-refractivity contribution is 14.1. The molecule has 0 unspecified atom stereocenters. The lowest BCUT2D eigenvalue weighted by Gasteiger charge is -2.09. The summed E-state index contributed by atoms with van der Waals surface area (Å²) in [6, 6.07) is 2.42. The normalized spacial score (nSPS) is 12.9. The van der Waals surface area contributed by atoms with Gasteiger partial charge in [-0.2, -0.15) is 13.2 Å². The molecule has 0 aromatic heterocycles. The minimum Gasteiger partial charge on any atom is -0.225 e. The molecule has 0 aliphatic carbocycles. The van der Waals surface area contributed by atoms with Gasteiger partial charge in [0.1, 0.15) is 0 Å². The lowest BCUT2D eigenvalue weighted by atomic mass is 10.2. The second kappa shape index (κ2) is 3.91. The molecule has 0 saturated heterocycles. The van der Waals surface area contributed by atoms with Gasteiger partial charge in [-0.05, 0) is 40.8 Å². The fourth-order valence-corrected chi connectivity index (χ4v) is 2.47. The molecule has 0 aliphatic rings. The van der Waals surface area contributed by atoms with Gasteiger partial charge in [0.05, 0.1) is 10.5 Å². The molecule has 2 N–H and O–H groups in total. The monoisotopic (exact) mass is 351 g/mol. The molecule has 0 aliphatic heterocycles. The number of hydrogen-bond acceptors (Lipinski definition) is 2. The molecular formula is C7H5F3INO2S. The van der Waals surface area contributed by atoms with Gasteiger partial charge in [-0.25, -0.2) is 13.6 Å². The van der Waals surface area contributed by atoms with E-state index in [4.69, 9.17) is 5.14 Å². The third-order valence-electron chi connectivity index (χ3n) is 1.57. The number of rotatable bonds is 1. The van der Waals surface area contributed by atoms with Crippen LogP contribution in [0.25, 0.3) is 0 Å². The standard InChI is InChI=1S/C7H5F3INO2S/c8-7(9,10)5-2-1-4(3-6(5)11)15(12,13)14/h1-3H,(H2,12,13,14). The Kier molecular flexibility index (Phi) is 3.31. The zero-order chi connectivity index (χ0) is 11.9. The maximum absolute atomic E-state index is 12.3. The van der Waals surface area contributed by atoms with Crippen molar-refractivity contribution in [2.24, 2.45) is 5.14 Å². The van der Waals surface area contributed by atoms with Crippen molar-refractivity contribution in [3.63, 3.8) is 0 Å². The van der Waals surface area contributed by atoms with Crippen molar-refractivity contribution >= 4 is 32.6 Å². The van der Waals surface area contributed by atoms with Crippen LogP contribution in [0.15, 0.2) is 23.1 Å². The first kappa shape index (κ1) is 12.7. The number of primary sulfonamides is 1. The van der Waals surface area contributed by atoms with Crippen LogP contribution >= 0.6 is 22.6 Å². The smallest absolute Gasteiger partial charge is 0.225 e. The molecule has 1 aromatic carbocycles. The van der Waals surface area contributed by atoms with Crippen LogP contribution in [0.4, 0.5) is 13.2 Å². The summed E-state index contributed by atoms with van der Waals surface area (Å²) in [5.74, 6) is 0. The highest BCUT2D eigenvalue weighted by atomic mass is 127. The quantitative estimate of drug-likeness (QED) is 0.787. The van der Waals surface area contributed by atoms with Gasteiger partial charge in [-0.1, -0.05) is 0 Å². The molecule has 0 atom stereocenters. The Labute approximate surface area is 97.7 Å². The van der Waals surface area contributed by atoms with E-state index in [2.05, 4.69) is 0 Å². The van der Waals surface area contributed by atoms with Crippen LogP contribution in [-0.4, -0.2) is 8.42 Å².